The van der Waals surface area contributed by atoms with Crippen LogP contribution in [-0.2, 0) is 22.6 Å². The Morgan fingerprint density at radius 1 is 1.22 bits per heavy atom. The molecule has 4 nitrogen and oxygen atoms in total. The molecule has 1 aromatic carbocycles. The van der Waals surface area contributed by atoms with Gasteiger partial charge in [0.15, 0.2) is 0 Å². The van der Waals surface area contributed by atoms with Gasteiger partial charge < -0.3 is 9.64 Å². The van der Waals surface area contributed by atoms with Crippen LogP contribution < -0.4 is 0 Å². The molecule has 0 radical (unpaired) electrons. The molecule has 0 saturated carbocycles. The third-order valence-electron chi connectivity index (χ3n) is 6.88. The van der Waals surface area contributed by atoms with Crippen LogP contribution in [0.25, 0.3) is 0 Å². The molecule has 176 valence electrons. The van der Waals surface area contributed by atoms with E-state index in [9.17, 15) is 4.79 Å². The zero-order valence-corrected chi connectivity index (χ0v) is 20.8. The van der Waals surface area contributed by atoms with Crippen molar-refractivity contribution < 1.29 is 9.53 Å². The molecular weight excluding hydrogens is 396 g/mol. The third kappa shape index (κ3) is 6.79. The minimum Gasteiger partial charge on any atom is -0.375 e. The Labute approximate surface area is 195 Å². The highest BCUT2D eigenvalue weighted by atomic mass is 16.5. The van der Waals surface area contributed by atoms with Gasteiger partial charge in [-0.15, -0.1) is 0 Å². The zero-order valence-electron chi connectivity index (χ0n) is 20.8. The van der Waals surface area contributed by atoms with E-state index in [0.717, 1.165) is 52.0 Å². The van der Waals surface area contributed by atoms with Crippen molar-refractivity contribution in [3.05, 3.63) is 58.7 Å². The molecule has 4 heteroatoms. The Balaban J connectivity index is 1.58. The van der Waals surface area contributed by atoms with Crippen molar-refractivity contribution in [1.29, 1.82) is 0 Å². The van der Waals surface area contributed by atoms with Crippen LogP contribution in [0.1, 0.15) is 71.4 Å². The molecule has 3 unspecified atom stereocenters. The molecular formula is C28H42N2O2. The topological polar surface area (TPSA) is 32.8 Å². The Morgan fingerprint density at radius 2 is 1.91 bits per heavy atom. The highest BCUT2D eigenvalue weighted by Gasteiger charge is 2.24. The second-order valence-electron chi connectivity index (χ2n) is 9.64. The Kier molecular flexibility index (Phi) is 9.12. The molecule has 1 amide bonds. The van der Waals surface area contributed by atoms with Crippen LogP contribution in [0, 0.1) is 5.92 Å². The molecule has 0 N–H and O–H groups in total. The molecule has 0 aromatic heterocycles. The number of rotatable bonds is 9. The summed E-state index contributed by atoms with van der Waals surface area (Å²) in [5.41, 5.74) is 5.78. The van der Waals surface area contributed by atoms with Gasteiger partial charge in [0.2, 0.25) is 5.91 Å². The minimum atomic E-state index is 0.148. The number of carbonyl (C=O) groups excluding carboxylic acids is 1. The first-order valence-corrected chi connectivity index (χ1v) is 12.5. The monoisotopic (exact) mass is 438 g/mol. The maximum atomic E-state index is 12.0. The summed E-state index contributed by atoms with van der Waals surface area (Å²) in [7, 11) is 0. The number of hydrogen-bond acceptors (Lipinski definition) is 3. The molecule has 2 aliphatic rings. The molecule has 1 aromatic rings. The number of ether oxygens (including phenoxy) is 1. The molecule has 0 bridgehead atoms. The lowest BCUT2D eigenvalue weighted by Gasteiger charge is -2.30. The SMILES string of the molecule is CCC(=O)N(CC)CCC(C)OC1CCC(C)=CC(CN2Cc3ccccc3C2)=CC1C. The van der Waals surface area contributed by atoms with Crippen molar-refractivity contribution in [3.8, 4) is 0 Å². The second-order valence-corrected chi connectivity index (χ2v) is 9.64. The van der Waals surface area contributed by atoms with E-state index < -0.39 is 0 Å². The molecule has 32 heavy (non-hydrogen) atoms. The van der Waals surface area contributed by atoms with E-state index in [4.69, 9.17) is 4.74 Å². The molecule has 0 saturated heterocycles. The van der Waals surface area contributed by atoms with Crippen molar-refractivity contribution in [2.45, 2.75) is 85.6 Å². The Morgan fingerprint density at radius 3 is 2.53 bits per heavy atom. The van der Waals surface area contributed by atoms with Crippen LogP contribution in [-0.4, -0.2) is 47.5 Å². The van der Waals surface area contributed by atoms with Gasteiger partial charge in [0.05, 0.1) is 12.2 Å². The summed E-state index contributed by atoms with van der Waals surface area (Å²) in [6.07, 6.45) is 8.79. The summed E-state index contributed by atoms with van der Waals surface area (Å²) in [6.45, 7) is 15.3. The summed E-state index contributed by atoms with van der Waals surface area (Å²) in [5, 5.41) is 0. The van der Waals surface area contributed by atoms with E-state index >= 15 is 0 Å². The maximum Gasteiger partial charge on any atom is 0.222 e. The van der Waals surface area contributed by atoms with Gasteiger partial charge in [0, 0.05) is 45.1 Å². The molecule has 0 fully saturated rings. The Hall–Kier alpha value is -1.91. The highest BCUT2D eigenvalue weighted by Crippen LogP contribution is 2.28. The molecule has 1 aliphatic carbocycles. The number of fused-ring (bicyclic) bond motifs is 1. The lowest BCUT2D eigenvalue weighted by molar-refractivity contribution is -0.131. The smallest absolute Gasteiger partial charge is 0.222 e. The fraction of sp³-hybridized carbons (Fsp3) is 0.607. The summed E-state index contributed by atoms with van der Waals surface area (Å²) in [4.78, 5) is 16.5. The summed E-state index contributed by atoms with van der Waals surface area (Å²) < 4.78 is 6.54. The van der Waals surface area contributed by atoms with Gasteiger partial charge in [-0.25, -0.2) is 0 Å². The molecule has 1 heterocycles. The van der Waals surface area contributed by atoms with Gasteiger partial charge in [0.1, 0.15) is 0 Å². The first-order chi connectivity index (χ1) is 15.4. The first-order valence-electron chi connectivity index (χ1n) is 12.5. The number of amides is 1. The van der Waals surface area contributed by atoms with Crippen LogP contribution in [0.15, 0.2) is 47.6 Å². The van der Waals surface area contributed by atoms with Gasteiger partial charge in [0.25, 0.3) is 0 Å². The van der Waals surface area contributed by atoms with Gasteiger partial charge in [-0.1, -0.05) is 55.8 Å². The number of hydrogen-bond donors (Lipinski definition) is 0. The number of carbonyl (C=O) groups is 1. The number of benzene rings is 1. The third-order valence-corrected chi connectivity index (χ3v) is 6.88. The van der Waals surface area contributed by atoms with Gasteiger partial charge in [-0.3, -0.25) is 9.69 Å². The van der Waals surface area contributed by atoms with Crippen molar-refractivity contribution in [3.63, 3.8) is 0 Å². The van der Waals surface area contributed by atoms with E-state index in [1.807, 2.05) is 11.8 Å². The van der Waals surface area contributed by atoms with E-state index in [1.54, 1.807) is 0 Å². The summed E-state index contributed by atoms with van der Waals surface area (Å²) in [5.74, 6) is 0.609. The van der Waals surface area contributed by atoms with E-state index in [0.29, 0.717) is 12.3 Å². The first kappa shape index (κ1) is 24.7. The van der Waals surface area contributed by atoms with Crippen LogP contribution in [0.2, 0.25) is 0 Å². The zero-order chi connectivity index (χ0) is 23.1. The summed E-state index contributed by atoms with van der Waals surface area (Å²) in [6, 6.07) is 8.80. The molecule has 0 spiro atoms. The number of nitrogens with zero attached hydrogens (tertiary/aromatic N) is 2. The normalized spacial score (nSPS) is 22.4. The minimum absolute atomic E-state index is 0.148. The van der Waals surface area contributed by atoms with Gasteiger partial charge in [-0.05, 0) is 56.7 Å². The lowest BCUT2D eigenvalue weighted by Crippen LogP contribution is -2.34. The van der Waals surface area contributed by atoms with Gasteiger partial charge in [-0.2, -0.15) is 0 Å². The van der Waals surface area contributed by atoms with Crippen LogP contribution in [0.5, 0.6) is 0 Å². The largest absolute Gasteiger partial charge is 0.375 e. The van der Waals surface area contributed by atoms with Crippen molar-refractivity contribution in [1.82, 2.24) is 9.80 Å². The fourth-order valence-electron chi connectivity index (χ4n) is 4.97. The molecule has 3 rings (SSSR count). The second kappa shape index (κ2) is 11.8. The van der Waals surface area contributed by atoms with Crippen molar-refractivity contribution >= 4 is 5.91 Å². The molecule has 3 atom stereocenters. The van der Waals surface area contributed by atoms with Crippen LogP contribution >= 0.6 is 0 Å². The predicted molar refractivity (Wildman–Crippen MR) is 132 cm³/mol. The molecule has 1 aliphatic heterocycles. The summed E-state index contributed by atoms with van der Waals surface area (Å²) >= 11 is 0. The fourth-order valence-corrected chi connectivity index (χ4v) is 4.97. The van der Waals surface area contributed by atoms with Gasteiger partial charge >= 0.3 is 0 Å². The Bertz CT molecular complexity index is 803. The van der Waals surface area contributed by atoms with Crippen molar-refractivity contribution in [2.24, 2.45) is 5.92 Å². The standard InChI is InChI=1S/C28H42N2O2/c1-6-28(31)30(7-2)15-14-23(5)32-27-13-12-21(3)16-24(17-22(27)4)18-29-19-25-10-8-9-11-26(25)20-29/h8-11,16-17,22-23,27H,6-7,12-15,18-20H2,1-5H3. The van der Waals surface area contributed by atoms with E-state index in [1.165, 1.54) is 22.3 Å². The number of allylic oxidation sites excluding steroid dienone is 1. The quantitative estimate of drug-likeness (QED) is 0.494. The van der Waals surface area contributed by atoms with Crippen LogP contribution in [0.4, 0.5) is 0 Å². The van der Waals surface area contributed by atoms with E-state index in [2.05, 4.69) is 69.0 Å². The highest BCUT2D eigenvalue weighted by molar-refractivity contribution is 5.75. The van der Waals surface area contributed by atoms with Crippen LogP contribution in [0.3, 0.4) is 0 Å². The lowest BCUT2D eigenvalue weighted by atomic mass is 9.91. The van der Waals surface area contributed by atoms with E-state index in [-0.39, 0.29) is 18.1 Å². The van der Waals surface area contributed by atoms with Crippen molar-refractivity contribution in [2.75, 3.05) is 19.6 Å². The maximum absolute atomic E-state index is 12.0. The predicted octanol–water partition coefficient (Wildman–Crippen LogP) is 5.73. The average molecular weight is 439 g/mol. The average Bonchev–Trinajstić information content (AvgIpc) is 3.18.